The van der Waals surface area contributed by atoms with Gasteiger partial charge in [0, 0.05) is 27.6 Å². The number of fused-ring (bicyclic) bond motifs is 4. The van der Waals surface area contributed by atoms with Crippen molar-refractivity contribution in [3.05, 3.63) is 218 Å². The van der Waals surface area contributed by atoms with E-state index in [0.29, 0.717) is 5.92 Å². The molecule has 2 nitrogen and oxygen atoms in total. The Labute approximate surface area is 352 Å². The predicted octanol–water partition coefficient (Wildman–Crippen LogP) is 16.5. The van der Waals surface area contributed by atoms with Gasteiger partial charge in [-0.15, -0.1) is 0 Å². The molecule has 0 aliphatic heterocycles. The van der Waals surface area contributed by atoms with Crippen LogP contribution in [0.4, 0.5) is 17.1 Å². The summed E-state index contributed by atoms with van der Waals surface area (Å²) in [6, 6.07) is 78.3. The summed E-state index contributed by atoms with van der Waals surface area (Å²) >= 11 is 0. The number of anilines is 3. The van der Waals surface area contributed by atoms with Gasteiger partial charge in [-0.2, -0.15) is 0 Å². The molecule has 0 atom stereocenters. The highest BCUT2D eigenvalue weighted by atomic mass is 15.2. The Kier molecular flexibility index (Phi) is 9.32. The van der Waals surface area contributed by atoms with Crippen LogP contribution >= 0.6 is 0 Å². The zero-order valence-corrected chi connectivity index (χ0v) is 33.7. The molecule has 0 amide bonds. The van der Waals surface area contributed by atoms with E-state index < -0.39 is 0 Å². The Morgan fingerprint density at radius 1 is 0.383 bits per heavy atom. The fourth-order valence-electron chi connectivity index (χ4n) is 10.1. The molecule has 1 aliphatic carbocycles. The average molecular weight is 771 g/mol. The lowest BCUT2D eigenvalue weighted by molar-refractivity contribution is 0.445. The van der Waals surface area contributed by atoms with Crippen molar-refractivity contribution in [2.24, 2.45) is 0 Å². The smallest absolute Gasteiger partial charge is 0.0562 e. The SMILES string of the molecule is c1ccc(-c2ccc(N(c3ccccc3-c3cccc4cccc(C5CCCCC5)c34)c3cccc4c3c3ccccc3n4-c3ccccc3)c(-c3ccccc3)c2)cc1. The number of benzene rings is 9. The summed E-state index contributed by atoms with van der Waals surface area (Å²) in [7, 11) is 0. The van der Waals surface area contributed by atoms with Crippen LogP contribution in [-0.2, 0) is 0 Å². The van der Waals surface area contributed by atoms with Gasteiger partial charge in [0.15, 0.2) is 0 Å². The van der Waals surface area contributed by atoms with Gasteiger partial charge in [-0.25, -0.2) is 0 Å². The fraction of sp³-hybridized carbons (Fsp3) is 0.103. The van der Waals surface area contributed by atoms with Gasteiger partial charge in [0.1, 0.15) is 0 Å². The van der Waals surface area contributed by atoms with Crippen LogP contribution in [0.1, 0.15) is 43.6 Å². The van der Waals surface area contributed by atoms with Crippen LogP contribution in [0.3, 0.4) is 0 Å². The van der Waals surface area contributed by atoms with E-state index in [2.05, 4.69) is 222 Å². The molecule has 1 aromatic heterocycles. The molecule has 10 aromatic rings. The second-order valence-electron chi connectivity index (χ2n) is 16.3. The van der Waals surface area contributed by atoms with E-state index in [0.717, 1.165) is 22.7 Å². The summed E-state index contributed by atoms with van der Waals surface area (Å²) in [6.45, 7) is 0. The van der Waals surface area contributed by atoms with E-state index in [1.807, 2.05) is 0 Å². The molecule has 2 heteroatoms. The maximum Gasteiger partial charge on any atom is 0.0562 e. The number of hydrogen-bond donors (Lipinski definition) is 0. The summed E-state index contributed by atoms with van der Waals surface area (Å²) in [5, 5.41) is 5.14. The Morgan fingerprint density at radius 3 is 1.78 bits per heavy atom. The molecule has 60 heavy (non-hydrogen) atoms. The van der Waals surface area contributed by atoms with E-state index in [1.54, 1.807) is 0 Å². The Bertz CT molecular complexity index is 3110. The van der Waals surface area contributed by atoms with Crippen LogP contribution in [0, 0.1) is 0 Å². The molecule has 0 saturated heterocycles. The van der Waals surface area contributed by atoms with Gasteiger partial charge in [0.25, 0.3) is 0 Å². The largest absolute Gasteiger partial charge is 0.309 e. The van der Waals surface area contributed by atoms with Gasteiger partial charge in [-0.3, -0.25) is 0 Å². The molecule has 11 rings (SSSR count). The van der Waals surface area contributed by atoms with E-state index in [-0.39, 0.29) is 0 Å². The lowest BCUT2D eigenvalue weighted by Gasteiger charge is -2.31. The molecule has 1 saturated carbocycles. The van der Waals surface area contributed by atoms with Crippen molar-refractivity contribution in [2.45, 2.75) is 38.0 Å². The maximum absolute atomic E-state index is 2.57. The normalized spacial score (nSPS) is 13.3. The molecule has 9 aromatic carbocycles. The molecule has 1 heterocycles. The average Bonchev–Trinajstić information content (AvgIpc) is 3.68. The first-order chi connectivity index (χ1) is 29.8. The minimum absolute atomic E-state index is 0.569. The summed E-state index contributed by atoms with van der Waals surface area (Å²) in [6.07, 6.45) is 6.45. The number of nitrogens with zero attached hydrogens (tertiary/aromatic N) is 2. The first kappa shape index (κ1) is 36.0. The lowest BCUT2D eigenvalue weighted by atomic mass is 9.80. The molecule has 0 bridgehead atoms. The van der Waals surface area contributed by atoms with Crippen molar-refractivity contribution >= 4 is 49.6 Å². The van der Waals surface area contributed by atoms with Gasteiger partial charge in [-0.1, -0.05) is 183 Å². The zero-order chi connectivity index (χ0) is 39.8. The Balaban J connectivity index is 1.24. The van der Waals surface area contributed by atoms with Gasteiger partial charge in [0.2, 0.25) is 0 Å². The summed E-state index contributed by atoms with van der Waals surface area (Å²) < 4.78 is 2.43. The van der Waals surface area contributed by atoms with Crippen molar-refractivity contribution < 1.29 is 0 Å². The minimum atomic E-state index is 0.569. The third-order valence-electron chi connectivity index (χ3n) is 12.8. The van der Waals surface area contributed by atoms with Gasteiger partial charge < -0.3 is 9.47 Å². The van der Waals surface area contributed by atoms with E-state index in [9.17, 15) is 0 Å². The van der Waals surface area contributed by atoms with Crippen LogP contribution in [0.15, 0.2) is 212 Å². The van der Waals surface area contributed by atoms with Crippen LogP contribution in [0.25, 0.3) is 71.6 Å². The predicted molar refractivity (Wildman–Crippen MR) is 255 cm³/mol. The van der Waals surface area contributed by atoms with Gasteiger partial charge >= 0.3 is 0 Å². The highest BCUT2D eigenvalue weighted by Gasteiger charge is 2.27. The maximum atomic E-state index is 2.57. The Hall–Kier alpha value is -7.16. The van der Waals surface area contributed by atoms with Crippen LogP contribution < -0.4 is 4.90 Å². The third-order valence-corrected chi connectivity index (χ3v) is 12.8. The topological polar surface area (TPSA) is 8.17 Å². The Morgan fingerprint density at radius 2 is 0.983 bits per heavy atom. The number of hydrogen-bond acceptors (Lipinski definition) is 1. The molecule has 0 N–H and O–H groups in total. The minimum Gasteiger partial charge on any atom is -0.309 e. The van der Waals surface area contributed by atoms with E-state index >= 15 is 0 Å². The third kappa shape index (κ3) is 6.28. The molecule has 1 aliphatic rings. The lowest BCUT2D eigenvalue weighted by Crippen LogP contribution is -2.13. The van der Waals surface area contributed by atoms with Crippen molar-refractivity contribution in [3.8, 4) is 39.1 Å². The van der Waals surface area contributed by atoms with Crippen molar-refractivity contribution in [2.75, 3.05) is 4.90 Å². The van der Waals surface area contributed by atoms with Crippen LogP contribution in [0.5, 0.6) is 0 Å². The molecule has 0 unspecified atom stereocenters. The van der Waals surface area contributed by atoms with Gasteiger partial charge in [0.05, 0.1) is 28.1 Å². The molecular weight excluding hydrogens is 725 g/mol. The second kappa shape index (κ2) is 15.5. The number of para-hydroxylation sites is 3. The molecule has 0 radical (unpaired) electrons. The standard InChI is InChI=1S/C58H46N2/c1-5-20-41(21-6-1)45-38-39-54(51(40-45)43-24-9-3-10-25-43)60(56-37-19-36-55-58(56)50-31-14-16-35-53(50)59(55)46-28-11-4-12-29-46)52-34-15-13-30-48(52)49-33-18-27-44-26-17-32-47(57(44)49)42-22-7-2-8-23-42/h1,3-6,9-21,24-40,42H,2,7-8,22-23H2. The first-order valence-corrected chi connectivity index (χ1v) is 21.6. The van der Waals surface area contributed by atoms with Crippen LogP contribution in [-0.4, -0.2) is 4.57 Å². The number of aromatic nitrogens is 1. The molecular formula is C58H46N2. The summed E-state index contributed by atoms with van der Waals surface area (Å²) in [4.78, 5) is 2.57. The summed E-state index contributed by atoms with van der Waals surface area (Å²) in [5.41, 5.74) is 15.7. The van der Waals surface area contributed by atoms with E-state index in [1.165, 1.54) is 104 Å². The molecule has 0 spiro atoms. The van der Waals surface area contributed by atoms with E-state index in [4.69, 9.17) is 0 Å². The van der Waals surface area contributed by atoms with Crippen LogP contribution in [0.2, 0.25) is 0 Å². The second-order valence-corrected chi connectivity index (χ2v) is 16.3. The van der Waals surface area contributed by atoms with Gasteiger partial charge in [-0.05, 0) is 106 Å². The van der Waals surface area contributed by atoms with Crippen molar-refractivity contribution in [3.63, 3.8) is 0 Å². The van der Waals surface area contributed by atoms with Crippen molar-refractivity contribution in [1.29, 1.82) is 0 Å². The first-order valence-electron chi connectivity index (χ1n) is 21.6. The fourth-order valence-corrected chi connectivity index (χ4v) is 10.1. The number of rotatable bonds is 8. The quantitative estimate of drug-likeness (QED) is 0.149. The van der Waals surface area contributed by atoms with Crippen molar-refractivity contribution in [1.82, 2.24) is 4.57 Å². The molecule has 1 fully saturated rings. The highest BCUT2D eigenvalue weighted by Crippen LogP contribution is 2.51. The monoisotopic (exact) mass is 770 g/mol. The molecule has 288 valence electrons. The summed E-state index contributed by atoms with van der Waals surface area (Å²) in [5.74, 6) is 0.569. The highest BCUT2D eigenvalue weighted by molar-refractivity contribution is 6.18. The zero-order valence-electron chi connectivity index (χ0n) is 33.7.